The fourth-order valence-electron chi connectivity index (χ4n) is 4.76. The van der Waals surface area contributed by atoms with E-state index in [9.17, 15) is 24.6 Å². The number of benzene rings is 2. The van der Waals surface area contributed by atoms with Gasteiger partial charge in [-0.2, -0.15) is 0 Å². The molecule has 3 rings (SSSR count). The Kier molecular flexibility index (Phi) is 11.6. The lowest BCUT2D eigenvalue weighted by Gasteiger charge is -2.21. The van der Waals surface area contributed by atoms with E-state index in [2.05, 4.69) is 12.6 Å². The number of thiol groups is 1. The summed E-state index contributed by atoms with van der Waals surface area (Å²) in [5.74, 6) is -1.69. The standard InChI is InChI=1S/C32H38O8S/c1-5-7-12-25(34)22(28-30(36)24-14-13-20(41)18-27(24)40-31(28)32(37)38-4)11-8-9-17-39-26-16-15-21(19(3)33)29(35)23(26)10-6-2/h8,11,13-16,18,22,25,34-35,41H,5-7,9-10,12,17H2,1-4H3/t22-,25-/m1/s1. The van der Waals surface area contributed by atoms with E-state index < -0.39 is 23.4 Å². The topological polar surface area (TPSA) is 123 Å². The monoisotopic (exact) mass is 582 g/mol. The number of esters is 1. The van der Waals surface area contributed by atoms with Gasteiger partial charge in [0.25, 0.3) is 0 Å². The van der Waals surface area contributed by atoms with Crippen molar-refractivity contribution in [3.05, 3.63) is 75.2 Å². The van der Waals surface area contributed by atoms with E-state index in [0.717, 1.165) is 19.3 Å². The van der Waals surface area contributed by atoms with Crippen LogP contribution in [-0.2, 0) is 11.2 Å². The fourth-order valence-corrected chi connectivity index (χ4v) is 4.95. The molecule has 2 atom stereocenters. The lowest BCUT2D eigenvalue weighted by molar-refractivity contribution is 0.0560. The number of rotatable bonds is 14. The van der Waals surface area contributed by atoms with E-state index in [0.29, 0.717) is 35.5 Å². The first-order valence-electron chi connectivity index (χ1n) is 13.9. The molecule has 0 aliphatic carbocycles. The van der Waals surface area contributed by atoms with Crippen LogP contribution >= 0.6 is 12.6 Å². The average molecular weight is 583 g/mol. The lowest BCUT2D eigenvalue weighted by atomic mass is 9.88. The number of aliphatic hydroxyl groups is 1. The summed E-state index contributed by atoms with van der Waals surface area (Å²) in [5, 5.41) is 22.0. The molecule has 1 aromatic heterocycles. The summed E-state index contributed by atoms with van der Waals surface area (Å²) >= 11 is 4.30. The number of unbranched alkanes of at least 4 members (excludes halogenated alkanes) is 1. The first-order valence-corrected chi connectivity index (χ1v) is 14.3. The van der Waals surface area contributed by atoms with Gasteiger partial charge in [-0.1, -0.05) is 45.3 Å². The third-order valence-electron chi connectivity index (χ3n) is 6.89. The van der Waals surface area contributed by atoms with Crippen LogP contribution in [0.4, 0.5) is 0 Å². The number of carbonyl (C=O) groups is 2. The average Bonchev–Trinajstić information content (AvgIpc) is 2.94. The molecule has 1 heterocycles. The third kappa shape index (κ3) is 7.59. The minimum atomic E-state index is -0.952. The van der Waals surface area contributed by atoms with Crippen molar-refractivity contribution in [2.24, 2.45) is 0 Å². The molecule has 0 fully saturated rings. The van der Waals surface area contributed by atoms with Gasteiger partial charge < -0.3 is 24.1 Å². The van der Waals surface area contributed by atoms with Crippen LogP contribution in [0.1, 0.15) is 90.8 Å². The van der Waals surface area contributed by atoms with E-state index in [4.69, 9.17) is 13.9 Å². The van der Waals surface area contributed by atoms with Crippen LogP contribution in [0, 0.1) is 0 Å². The molecule has 220 valence electrons. The van der Waals surface area contributed by atoms with Crippen LogP contribution in [0.3, 0.4) is 0 Å². The van der Waals surface area contributed by atoms with Gasteiger partial charge in [-0.05, 0) is 56.5 Å². The van der Waals surface area contributed by atoms with Crippen LogP contribution in [0.5, 0.6) is 11.5 Å². The zero-order valence-electron chi connectivity index (χ0n) is 23.9. The summed E-state index contributed by atoms with van der Waals surface area (Å²) in [6.45, 7) is 5.62. The van der Waals surface area contributed by atoms with Crippen molar-refractivity contribution in [2.75, 3.05) is 13.7 Å². The molecule has 0 amide bonds. The second-order valence-electron chi connectivity index (χ2n) is 9.89. The van der Waals surface area contributed by atoms with Crippen LogP contribution in [0.15, 0.2) is 56.6 Å². The molecule has 0 spiro atoms. The maximum atomic E-state index is 13.7. The van der Waals surface area contributed by atoms with Crippen LogP contribution in [0.2, 0.25) is 0 Å². The number of ether oxygens (including phenoxy) is 2. The molecule has 2 aromatic carbocycles. The lowest BCUT2D eigenvalue weighted by Crippen LogP contribution is -2.27. The van der Waals surface area contributed by atoms with Gasteiger partial charge in [0.1, 0.15) is 17.1 Å². The van der Waals surface area contributed by atoms with Gasteiger partial charge in [0.05, 0.1) is 36.3 Å². The first kappa shape index (κ1) is 32.0. The summed E-state index contributed by atoms with van der Waals surface area (Å²) in [6, 6.07) is 8.03. The summed E-state index contributed by atoms with van der Waals surface area (Å²) in [7, 11) is 1.20. The number of ketones is 1. The van der Waals surface area contributed by atoms with Crippen molar-refractivity contribution >= 4 is 35.4 Å². The van der Waals surface area contributed by atoms with Crippen LogP contribution in [-0.4, -0.2) is 41.8 Å². The molecule has 3 aromatic rings. The number of hydrogen-bond donors (Lipinski definition) is 3. The smallest absolute Gasteiger partial charge is 0.374 e. The molecule has 41 heavy (non-hydrogen) atoms. The van der Waals surface area contributed by atoms with Gasteiger partial charge in [-0.15, -0.1) is 12.6 Å². The number of methoxy groups -OCH3 is 1. The maximum absolute atomic E-state index is 13.7. The molecule has 0 saturated heterocycles. The maximum Gasteiger partial charge on any atom is 0.374 e. The van der Waals surface area contributed by atoms with Crippen molar-refractivity contribution in [1.29, 1.82) is 0 Å². The number of Topliss-reactive ketones (excluding diaryl/α,β-unsaturated/α-hetero) is 1. The fraction of sp³-hybridized carbons (Fsp3) is 0.406. The zero-order valence-corrected chi connectivity index (χ0v) is 24.8. The van der Waals surface area contributed by atoms with E-state index >= 15 is 0 Å². The van der Waals surface area contributed by atoms with Crippen LogP contribution < -0.4 is 10.2 Å². The number of carbonyl (C=O) groups excluding carboxylic acids is 2. The SMILES string of the molecule is CCCC[C@@H](O)[C@@H](C=CCCOc1ccc(C(C)=O)c(O)c1CCC)c1c(C(=O)OC)oc2cc(S)ccc2c1=O. The normalized spacial score (nSPS) is 12.9. The predicted octanol–water partition coefficient (Wildman–Crippen LogP) is 6.39. The zero-order chi connectivity index (χ0) is 30.1. The van der Waals surface area contributed by atoms with Gasteiger partial charge in [0.2, 0.25) is 5.76 Å². The van der Waals surface area contributed by atoms with Gasteiger partial charge in [-0.3, -0.25) is 9.59 Å². The molecule has 0 radical (unpaired) electrons. The molecule has 9 heteroatoms. The van der Waals surface area contributed by atoms with Crippen molar-refractivity contribution in [3.63, 3.8) is 0 Å². The van der Waals surface area contributed by atoms with Crippen molar-refractivity contribution < 1.29 is 33.7 Å². The summed E-state index contributed by atoms with van der Waals surface area (Å²) in [5.41, 5.74) is 0.648. The highest BCUT2D eigenvalue weighted by Crippen LogP contribution is 2.33. The summed E-state index contributed by atoms with van der Waals surface area (Å²) in [4.78, 5) is 38.8. The minimum absolute atomic E-state index is 0.0343. The van der Waals surface area contributed by atoms with Crippen molar-refractivity contribution in [1.82, 2.24) is 0 Å². The van der Waals surface area contributed by atoms with Crippen molar-refractivity contribution in [2.45, 2.75) is 76.2 Å². The highest BCUT2D eigenvalue weighted by molar-refractivity contribution is 7.80. The molecular formula is C32H38O8S. The predicted molar refractivity (Wildman–Crippen MR) is 161 cm³/mol. The Bertz CT molecular complexity index is 1470. The van der Waals surface area contributed by atoms with E-state index in [1.54, 1.807) is 42.5 Å². The number of aliphatic hydroxyl groups excluding tert-OH is 1. The molecule has 0 bridgehead atoms. The Morgan fingerprint density at radius 2 is 1.90 bits per heavy atom. The molecule has 0 saturated carbocycles. The molecule has 0 aliphatic heterocycles. The highest BCUT2D eigenvalue weighted by Gasteiger charge is 2.30. The number of phenolic OH excluding ortho intramolecular Hbond substituents is 1. The molecule has 0 unspecified atom stereocenters. The first-order chi connectivity index (χ1) is 19.6. The Morgan fingerprint density at radius 1 is 1.15 bits per heavy atom. The number of fused-ring (bicyclic) bond motifs is 1. The molecule has 0 aliphatic rings. The van der Waals surface area contributed by atoms with Gasteiger partial charge >= 0.3 is 5.97 Å². The van der Waals surface area contributed by atoms with Gasteiger partial charge in [-0.25, -0.2) is 4.79 Å². The number of hydrogen-bond acceptors (Lipinski definition) is 9. The van der Waals surface area contributed by atoms with Crippen molar-refractivity contribution in [3.8, 4) is 11.5 Å². The minimum Gasteiger partial charge on any atom is -0.507 e. The Balaban J connectivity index is 1.94. The molecule has 8 nitrogen and oxygen atoms in total. The Labute approximate surface area is 245 Å². The second kappa shape index (κ2) is 14.9. The van der Waals surface area contributed by atoms with Gasteiger partial charge in [0, 0.05) is 16.4 Å². The number of phenols is 1. The quantitative estimate of drug-likeness (QED) is 0.0657. The van der Waals surface area contributed by atoms with Crippen LogP contribution in [0.25, 0.3) is 11.0 Å². The molecule has 2 N–H and O–H groups in total. The second-order valence-corrected chi connectivity index (χ2v) is 10.4. The summed E-state index contributed by atoms with van der Waals surface area (Å²) in [6.07, 6.45) is 6.23. The van der Waals surface area contributed by atoms with E-state index in [1.165, 1.54) is 14.0 Å². The number of aromatic hydroxyl groups is 1. The van der Waals surface area contributed by atoms with E-state index in [-0.39, 0.29) is 46.0 Å². The largest absolute Gasteiger partial charge is 0.507 e. The van der Waals surface area contributed by atoms with E-state index in [1.807, 2.05) is 13.8 Å². The molecular weight excluding hydrogens is 544 g/mol. The Morgan fingerprint density at radius 3 is 2.56 bits per heavy atom. The van der Waals surface area contributed by atoms with Gasteiger partial charge in [0.15, 0.2) is 11.2 Å². The summed E-state index contributed by atoms with van der Waals surface area (Å²) < 4.78 is 16.7. The third-order valence-corrected chi connectivity index (χ3v) is 7.17. The highest BCUT2D eigenvalue weighted by atomic mass is 32.1. The Hall–Kier alpha value is -3.56.